The van der Waals surface area contributed by atoms with Gasteiger partial charge in [0.25, 0.3) is 0 Å². The van der Waals surface area contributed by atoms with Crippen molar-refractivity contribution < 1.29 is 18.5 Å². The molecule has 0 atom stereocenters. The first-order valence-electron chi connectivity index (χ1n) is 7.95. The molecule has 126 valence electrons. The molecule has 2 aromatic rings. The van der Waals surface area contributed by atoms with E-state index >= 15 is 0 Å². The maximum Gasteiger partial charge on any atom is 0.525 e. The molecule has 0 saturated carbocycles. The van der Waals surface area contributed by atoms with E-state index in [-0.39, 0.29) is 0 Å². The van der Waals surface area contributed by atoms with E-state index in [1.165, 1.54) is 6.08 Å². The van der Waals surface area contributed by atoms with Crippen molar-refractivity contribution in [2.45, 2.75) is 45.8 Å². The molecule has 0 amide bonds. The third kappa shape index (κ3) is 2.50. The van der Waals surface area contributed by atoms with Crippen molar-refractivity contribution in [3.63, 3.8) is 0 Å². The number of pyridine rings is 1. The van der Waals surface area contributed by atoms with E-state index in [1.54, 1.807) is 17.5 Å². The Hall–Kier alpha value is -1.92. The molecule has 0 aliphatic carbocycles. The fraction of sp³-hybridized carbons (Fsp3) is 0.389. The van der Waals surface area contributed by atoms with Crippen LogP contribution in [-0.4, -0.2) is 29.0 Å². The summed E-state index contributed by atoms with van der Waals surface area (Å²) in [6, 6.07) is 5.52. The molecular formula is C18H21BFNO3. The van der Waals surface area contributed by atoms with Gasteiger partial charge in [-0.15, -0.1) is 0 Å². The fourth-order valence-corrected chi connectivity index (χ4v) is 2.86. The summed E-state index contributed by atoms with van der Waals surface area (Å²) < 4.78 is 28.1. The van der Waals surface area contributed by atoms with Crippen LogP contribution in [-0.2, 0) is 9.31 Å². The highest BCUT2D eigenvalue weighted by Crippen LogP contribution is 2.39. The van der Waals surface area contributed by atoms with Crippen molar-refractivity contribution in [2.24, 2.45) is 0 Å². The van der Waals surface area contributed by atoms with E-state index in [1.807, 2.05) is 45.9 Å². The largest absolute Gasteiger partial charge is 0.525 e. The van der Waals surface area contributed by atoms with Gasteiger partial charge in [0.15, 0.2) is 6.29 Å². The minimum atomic E-state index is -1.05. The van der Waals surface area contributed by atoms with Gasteiger partial charge in [-0.3, -0.25) is 4.79 Å². The molecule has 2 aromatic heterocycles. The van der Waals surface area contributed by atoms with Crippen LogP contribution in [0.3, 0.4) is 0 Å². The number of fused-ring (bicyclic) bond motifs is 1. The van der Waals surface area contributed by atoms with Crippen LogP contribution >= 0.6 is 0 Å². The maximum atomic E-state index is 14.8. The maximum absolute atomic E-state index is 14.8. The summed E-state index contributed by atoms with van der Waals surface area (Å²) in [5.74, 6) is 0. The van der Waals surface area contributed by atoms with Gasteiger partial charge in [-0.1, -0.05) is 6.07 Å². The van der Waals surface area contributed by atoms with Crippen molar-refractivity contribution in [2.75, 3.05) is 0 Å². The van der Waals surface area contributed by atoms with Crippen molar-refractivity contribution in [1.82, 2.24) is 4.40 Å². The van der Waals surface area contributed by atoms with E-state index in [0.717, 1.165) is 17.4 Å². The van der Waals surface area contributed by atoms with Gasteiger partial charge in [0, 0.05) is 11.8 Å². The molecule has 0 N–H and O–H groups in total. The highest BCUT2D eigenvalue weighted by molar-refractivity contribution is 6.54. The Morgan fingerprint density at radius 2 is 1.83 bits per heavy atom. The number of hydrogen-bond donors (Lipinski definition) is 0. The zero-order valence-electron chi connectivity index (χ0n) is 14.6. The molecule has 0 radical (unpaired) electrons. The fourth-order valence-electron chi connectivity index (χ4n) is 2.86. The van der Waals surface area contributed by atoms with E-state index in [4.69, 9.17) is 9.31 Å². The molecular weight excluding hydrogens is 308 g/mol. The van der Waals surface area contributed by atoms with Crippen molar-refractivity contribution in [3.8, 4) is 0 Å². The molecule has 3 rings (SSSR count). The number of halogens is 1. The Bertz CT molecular complexity index is 822. The molecule has 1 aliphatic heterocycles. The molecule has 6 heteroatoms. The first-order chi connectivity index (χ1) is 11.2. The first-order valence-corrected chi connectivity index (χ1v) is 7.95. The van der Waals surface area contributed by atoms with Crippen LogP contribution in [0, 0.1) is 6.92 Å². The van der Waals surface area contributed by atoms with Crippen LogP contribution in [0.4, 0.5) is 4.39 Å². The van der Waals surface area contributed by atoms with Gasteiger partial charge in [-0.25, -0.2) is 4.39 Å². The SMILES string of the molecule is Cc1c(C=O)c2ccccn2c1C=C(F)B1OC(C)(C)C(C)(C)O1. The van der Waals surface area contributed by atoms with Gasteiger partial charge in [0.1, 0.15) is 5.73 Å². The Morgan fingerprint density at radius 1 is 1.21 bits per heavy atom. The molecule has 0 aromatic carbocycles. The molecule has 4 nitrogen and oxygen atoms in total. The Balaban J connectivity index is 2.05. The number of hydrogen-bond acceptors (Lipinski definition) is 3. The van der Waals surface area contributed by atoms with Crippen molar-refractivity contribution in [1.29, 1.82) is 0 Å². The zero-order valence-corrected chi connectivity index (χ0v) is 14.6. The van der Waals surface area contributed by atoms with E-state index in [9.17, 15) is 9.18 Å². The number of aromatic nitrogens is 1. The van der Waals surface area contributed by atoms with E-state index in [2.05, 4.69) is 0 Å². The van der Waals surface area contributed by atoms with Crippen LogP contribution in [0.2, 0.25) is 0 Å². The topological polar surface area (TPSA) is 39.9 Å². The van der Waals surface area contributed by atoms with Gasteiger partial charge in [-0.05, 0) is 58.4 Å². The molecule has 1 saturated heterocycles. The smallest absolute Gasteiger partial charge is 0.398 e. The standard InChI is InChI=1S/C18H21BFNO3/c1-12-13(11-22)14-8-6-7-9-21(14)15(12)10-16(20)19-23-17(2,3)18(4,5)24-19/h6-11H,1-5H3. The molecule has 0 bridgehead atoms. The molecule has 24 heavy (non-hydrogen) atoms. The van der Waals surface area contributed by atoms with Gasteiger partial charge in [0.2, 0.25) is 0 Å². The second kappa shape index (κ2) is 5.57. The average Bonchev–Trinajstić information content (AvgIpc) is 2.90. The molecule has 1 aliphatic rings. The minimum absolute atomic E-state index is 0.516. The predicted octanol–water partition coefficient (Wildman–Crippen LogP) is 4.00. The highest BCUT2D eigenvalue weighted by Gasteiger charge is 2.53. The first kappa shape index (κ1) is 16.9. The number of carbonyl (C=O) groups excluding carboxylic acids is 1. The third-order valence-corrected chi connectivity index (χ3v) is 5.05. The Labute approximate surface area is 141 Å². The highest BCUT2D eigenvalue weighted by atomic mass is 19.1. The van der Waals surface area contributed by atoms with Gasteiger partial charge in [-0.2, -0.15) is 0 Å². The average molecular weight is 329 g/mol. The van der Waals surface area contributed by atoms with Gasteiger partial charge >= 0.3 is 7.12 Å². The van der Waals surface area contributed by atoms with E-state index < -0.39 is 24.0 Å². The van der Waals surface area contributed by atoms with Crippen LogP contribution in [0.25, 0.3) is 11.6 Å². The van der Waals surface area contributed by atoms with Crippen LogP contribution in [0.15, 0.2) is 30.1 Å². The number of aldehydes is 1. The van der Waals surface area contributed by atoms with Crippen molar-refractivity contribution >= 4 is 25.0 Å². The second-order valence-corrected chi connectivity index (χ2v) is 7.12. The molecule has 1 fully saturated rings. The molecule has 3 heterocycles. The van der Waals surface area contributed by atoms with Gasteiger partial charge in [0.05, 0.1) is 22.4 Å². The van der Waals surface area contributed by atoms with Crippen molar-refractivity contribution in [3.05, 3.63) is 46.9 Å². The lowest BCUT2D eigenvalue weighted by Crippen LogP contribution is -2.41. The normalized spacial score (nSPS) is 19.9. The summed E-state index contributed by atoms with van der Waals surface area (Å²) in [5.41, 5.74) is 0.918. The molecule has 0 unspecified atom stereocenters. The summed E-state index contributed by atoms with van der Waals surface area (Å²) in [6.07, 6.45) is 3.99. The summed E-state index contributed by atoms with van der Waals surface area (Å²) in [4.78, 5) is 11.4. The Kier molecular flexibility index (Phi) is 3.93. The summed E-state index contributed by atoms with van der Waals surface area (Å²) >= 11 is 0. The predicted molar refractivity (Wildman–Crippen MR) is 92.7 cm³/mol. The lowest BCUT2D eigenvalue weighted by Gasteiger charge is -2.32. The summed E-state index contributed by atoms with van der Waals surface area (Å²) in [5, 5.41) is 0. The van der Waals surface area contributed by atoms with Gasteiger partial charge < -0.3 is 13.7 Å². The zero-order chi connectivity index (χ0) is 17.7. The van der Waals surface area contributed by atoms with Crippen LogP contribution in [0.1, 0.15) is 49.3 Å². The van der Waals surface area contributed by atoms with E-state index in [0.29, 0.717) is 11.3 Å². The number of rotatable bonds is 3. The lowest BCUT2D eigenvalue weighted by atomic mass is 9.87. The quantitative estimate of drug-likeness (QED) is 0.631. The lowest BCUT2D eigenvalue weighted by molar-refractivity contribution is 0.00578. The Morgan fingerprint density at radius 3 is 2.42 bits per heavy atom. The summed E-state index contributed by atoms with van der Waals surface area (Å²) in [7, 11) is -1.05. The molecule has 0 spiro atoms. The second-order valence-electron chi connectivity index (χ2n) is 7.12. The minimum Gasteiger partial charge on any atom is -0.398 e. The number of carbonyl (C=O) groups is 1. The van der Waals surface area contributed by atoms with Crippen LogP contribution < -0.4 is 0 Å². The summed E-state index contributed by atoms with van der Waals surface area (Å²) in [6.45, 7) is 9.32. The number of nitrogens with zero attached hydrogens (tertiary/aromatic N) is 1. The monoisotopic (exact) mass is 329 g/mol. The van der Waals surface area contributed by atoms with Crippen LogP contribution in [0.5, 0.6) is 0 Å². The third-order valence-electron chi connectivity index (χ3n) is 5.05.